The van der Waals surface area contributed by atoms with Crippen LogP contribution in [-0.2, 0) is 6.42 Å². The number of hydrogen-bond donors (Lipinski definition) is 2. The molecule has 0 bridgehead atoms. The highest BCUT2D eigenvalue weighted by Crippen LogP contribution is 2.29. The Labute approximate surface area is 116 Å². The van der Waals surface area contributed by atoms with E-state index in [0.29, 0.717) is 36.0 Å². The van der Waals surface area contributed by atoms with E-state index >= 15 is 0 Å². The quantitative estimate of drug-likeness (QED) is 0.827. The molecule has 0 fully saturated rings. The summed E-state index contributed by atoms with van der Waals surface area (Å²) in [5.74, 6) is -0.642. The summed E-state index contributed by atoms with van der Waals surface area (Å²) in [6.07, 6.45) is 2.95. The molecule has 0 aliphatic rings. The van der Waals surface area contributed by atoms with Gasteiger partial charge in [0.1, 0.15) is 17.5 Å². The van der Waals surface area contributed by atoms with Gasteiger partial charge in [-0.3, -0.25) is 0 Å². The summed E-state index contributed by atoms with van der Waals surface area (Å²) >= 11 is 0. The Morgan fingerprint density at radius 3 is 2.65 bits per heavy atom. The molecule has 2 rings (SSSR count). The van der Waals surface area contributed by atoms with Gasteiger partial charge in [-0.15, -0.1) is 0 Å². The lowest BCUT2D eigenvalue weighted by molar-refractivity contribution is 0.284. The van der Waals surface area contributed by atoms with Crippen LogP contribution >= 0.6 is 0 Å². The topological polar surface area (TPSA) is 59.1 Å². The molecule has 3 nitrogen and oxygen atoms in total. The zero-order valence-corrected chi connectivity index (χ0v) is 10.9. The molecule has 1 aromatic carbocycles. The van der Waals surface area contributed by atoms with Crippen molar-refractivity contribution in [3.63, 3.8) is 0 Å². The zero-order valence-electron chi connectivity index (χ0n) is 10.9. The van der Waals surface area contributed by atoms with Crippen LogP contribution in [0.15, 0.2) is 30.5 Å². The fourth-order valence-corrected chi connectivity index (χ4v) is 2.12. The monoisotopic (exact) mass is 278 g/mol. The lowest BCUT2D eigenvalue weighted by Gasteiger charge is -2.11. The average Bonchev–Trinajstić information content (AvgIpc) is 2.42. The molecule has 5 heteroatoms. The number of rotatable bonds is 5. The third kappa shape index (κ3) is 3.30. The summed E-state index contributed by atoms with van der Waals surface area (Å²) in [5, 5.41) is 8.81. The molecule has 0 aliphatic heterocycles. The van der Waals surface area contributed by atoms with E-state index in [-0.39, 0.29) is 18.2 Å². The molecule has 0 unspecified atom stereocenters. The van der Waals surface area contributed by atoms with Crippen molar-refractivity contribution in [1.82, 2.24) is 4.98 Å². The fraction of sp³-hybridized carbons (Fsp3) is 0.267. The summed E-state index contributed by atoms with van der Waals surface area (Å²) in [4.78, 5) is 3.68. The second kappa shape index (κ2) is 6.43. The lowest BCUT2D eigenvalue weighted by Crippen LogP contribution is -1.98. The summed E-state index contributed by atoms with van der Waals surface area (Å²) in [7, 11) is 0. The van der Waals surface area contributed by atoms with Gasteiger partial charge in [0.15, 0.2) is 0 Å². The van der Waals surface area contributed by atoms with E-state index in [4.69, 9.17) is 10.8 Å². The molecule has 0 radical (unpaired) electrons. The second-order valence-corrected chi connectivity index (χ2v) is 4.57. The predicted molar refractivity (Wildman–Crippen MR) is 74.0 cm³/mol. The Morgan fingerprint density at radius 1 is 1.10 bits per heavy atom. The normalized spacial score (nSPS) is 10.8. The Kier molecular flexibility index (Phi) is 4.63. The van der Waals surface area contributed by atoms with Gasteiger partial charge < -0.3 is 10.8 Å². The highest BCUT2D eigenvalue weighted by molar-refractivity contribution is 5.69. The van der Waals surface area contributed by atoms with Gasteiger partial charge in [0.05, 0.1) is 6.20 Å². The van der Waals surface area contributed by atoms with E-state index in [0.717, 1.165) is 6.20 Å². The molecule has 20 heavy (non-hydrogen) atoms. The van der Waals surface area contributed by atoms with Crippen molar-refractivity contribution in [3.8, 4) is 11.1 Å². The van der Waals surface area contributed by atoms with Gasteiger partial charge in [-0.05, 0) is 48.6 Å². The van der Waals surface area contributed by atoms with Crippen LogP contribution in [0.25, 0.3) is 11.1 Å². The highest BCUT2D eigenvalue weighted by Gasteiger charge is 2.12. The number of nitrogens with zero attached hydrogens (tertiary/aromatic N) is 1. The first-order valence-electron chi connectivity index (χ1n) is 6.42. The second-order valence-electron chi connectivity index (χ2n) is 4.57. The number of halogens is 2. The van der Waals surface area contributed by atoms with Gasteiger partial charge in [-0.25, -0.2) is 13.8 Å². The number of aliphatic hydroxyl groups is 1. The first-order valence-corrected chi connectivity index (χ1v) is 6.42. The minimum absolute atomic E-state index is 0.0845. The summed E-state index contributed by atoms with van der Waals surface area (Å²) < 4.78 is 27.2. The molecular formula is C15H16F2N2O. The van der Waals surface area contributed by atoms with Gasteiger partial charge in [0.25, 0.3) is 0 Å². The van der Waals surface area contributed by atoms with E-state index in [1.165, 1.54) is 18.2 Å². The molecule has 3 N–H and O–H groups in total. The Bertz CT molecular complexity index is 602. The first-order chi connectivity index (χ1) is 9.61. The molecule has 0 amide bonds. The molecule has 1 aromatic heterocycles. The maximum absolute atomic E-state index is 13.9. The van der Waals surface area contributed by atoms with Crippen LogP contribution in [0, 0.1) is 11.6 Å². The van der Waals surface area contributed by atoms with Gasteiger partial charge in [0.2, 0.25) is 0 Å². The smallest absolute Gasteiger partial charge is 0.149 e. The number of hydrogen-bond acceptors (Lipinski definition) is 3. The lowest BCUT2D eigenvalue weighted by atomic mass is 9.96. The first kappa shape index (κ1) is 14.4. The number of anilines is 1. The number of aliphatic hydroxyl groups excluding tert-OH is 1. The highest BCUT2D eigenvalue weighted by atomic mass is 19.1. The van der Waals surface area contributed by atoms with Crippen molar-refractivity contribution < 1.29 is 13.9 Å². The van der Waals surface area contributed by atoms with Gasteiger partial charge in [-0.2, -0.15) is 0 Å². The van der Waals surface area contributed by atoms with E-state index in [1.54, 1.807) is 6.07 Å². The van der Waals surface area contributed by atoms with Crippen molar-refractivity contribution >= 4 is 5.82 Å². The van der Waals surface area contributed by atoms with Crippen molar-refractivity contribution in [3.05, 3.63) is 47.7 Å². The summed E-state index contributed by atoms with van der Waals surface area (Å²) in [6.45, 7) is 0.0845. The molecule has 106 valence electrons. The molecule has 0 saturated heterocycles. The third-order valence-electron chi connectivity index (χ3n) is 3.09. The molecule has 0 aliphatic carbocycles. The third-order valence-corrected chi connectivity index (χ3v) is 3.09. The Morgan fingerprint density at radius 2 is 1.90 bits per heavy atom. The number of nitrogens with two attached hydrogens (primary N) is 1. The average molecular weight is 278 g/mol. The number of benzene rings is 1. The van der Waals surface area contributed by atoms with Crippen molar-refractivity contribution in [2.45, 2.75) is 19.3 Å². The minimum atomic E-state index is -0.491. The number of aryl methyl sites for hydroxylation is 1. The van der Waals surface area contributed by atoms with Crippen LogP contribution in [0.4, 0.5) is 14.6 Å². The number of nitrogen functional groups attached to an aromatic ring is 1. The zero-order chi connectivity index (χ0) is 14.5. The van der Waals surface area contributed by atoms with Crippen LogP contribution in [0.3, 0.4) is 0 Å². The minimum Gasteiger partial charge on any atom is -0.396 e. The predicted octanol–water partition coefficient (Wildman–Crippen LogP) is 2.92. The Hall–Kier alpha value is -2.01. The van der Waals surface area contributed by atoms with Gasteiger partial charge in [0, 0.05) is 12.2 Å². The van der Waals surface area contributed by atoms with Crippen molar-refractivity contribution in [2.24, 2.45) is 0 Å². The summed E-state index contributed by atoms with van der Waals surface area (Å²) in [6, 6.07) is 5.67. The van der Waals surface area contributed by atoms with Crippen molar-refractivity contribution in [1.29, 1.82) is 0 Å². The maximum atomic E-state index is 13.9. The number of pyridine rings is 1. The van der Waals surface area contributed by atoms with Crippen molar-refractivity contribution in [2.75, 3.05) is 12.3 Å². The fourth-order valence-electron chi connectivity index (χ4n) is 2.12. The SMILES string of the molecule is Nc1cc(-c2ccc(F)cc2CCCCO)c(F)cn1. The largest absolute Gasteiger partial charge is 0.396 e. The van der Waals surface area contributed by atoms with Crippen LogP contribution in [0.2, 0.25) is 0 Å². The molecule has 0 atom stereocenters. The van der Waals surface area contributed by atoms with E-state index in [1.807, 2.05) is 0 Å². The molecule has 2 aromatic rings. The van der Waals surface area contributed by atoms with E-state index < -0.39 is 5.82 Å². The van der Waals surface area contributed by atoms with Crippen LogP contribution < -0.4 is 5.73 Å². The standard InChI is InChI=1S/C15H16F2N2O/c16-11-4-5-12(10(7-11)3-1-2-6-20)13-8-15(18)19-9-14(13)17/h4-5,7-9,20H,1-3,6H2,(H2,18,19). The molecular weight excluding hydrogens is 262 g/mol. The molecule has 0 saturated carbocycles. The van der Waals surface area contributed by atoms with Gasteiger partial charge >= 0.3 is 0 Å². The maximum Gasteiger partial charge on any atom is 0.149 e. The number of aromatic nitrogens is 1. The summed E-state index contributed by atoms with van der Waals surface area (Å²) in [5.41, 5.74) is 7.20. The molecule has 1 heterocycles. The van der Waals surface area contributed by atoms with Crippen LogP contribution in [0.5, 0.6) is 0 Å². The van der Waals surface area contributed by atoms with E-state index in [9.17, 15) is 8.78 Å². The van der Waals surface area contributed by atoms with Gasteiger partial charge in [-0.1, -0.05) is 6.07 Å². The van der Waals surface area contributed by atoms with Crippen LogP contribution in [0.1, 0.15) is 18.4 Å². The Balaban J connectivity index is 2.41. The van der Waals surface area contributed by atoms with Crippen LogP contribution in [-0.4, -0.2) is 16.7 Å². The number of unbranched alkanes of at least 4 members (excludes halogenated alkanes) is 1. The van der Waals surface area contributed by atoms with E-state index in [2.05, 4.69) is 4.98 Å². The molecule has 0 spiro atoms.